The SMILES string of the molecule is Cl.O=C(O)C(Nc1cc(Cl)c(Cl)cc1Cl)c1ccccc1Cl. The average Bonchev–Trinajstić information content (AvgIpc) is 2.42. The van der Waals surface area contributed by atoms with Crippen LogP contribution >= 0.6 is 58.8 Å². The van der Waals surface area contributed by atoms with Crippen molar-refractivity contribution in [3.63, 3.8) is 0 Å². The number of benzene rings is 2. The van der Waals surface area contributed by atoms with Crippen LogP contribution in [-0.2, 0) is 4.79 Å². The van der Waals surface area contributed by atoms with Crippen LogP contribution in [0.25, 0.3) is 0 Å². The molecule has 0 saturated carbocycles. The van der Waals surface area contributed by atoms with Gasteiger partial charge in [0.1, 0.15) is 0 Å². The molecule has 0 bridgehead atoms. The predicted molar refractivity (Wildman–Crippen MR) is 94.2 cm³/mol. The quantitative estimate of drug-likeness (QED) is 0.622. The number of carbonyl (C=O) groups is 1. The Hall–Kier alpha value is -0.840. The lowest BCUT2D eigenvalue weighted by Crippen LogP contribution is -2.21. The molecule has 0 amide bonds. The molecular formula is C14H10Cl5NO2. The average molecular weight is 402 g/mol. The van der Waals surface area contributed by atoms with E-state index in [1.165, 1.54) is 12.1 Å². The molecule has 2 aromatic carbocycles. The summed E-state index contributed by atoms with van der Waals surface area (Å²) in [5, 5.41) is 13.4. The number of aliphatic carboxylic acids is 1. The highest BCUT2D eigenvalue weighted by atomic mass is 35.5. The minimum absolute atomic E-state index is 0. The van der Waals surface area contributed by atoms with Crippen molar-refractivity contribution < 1.29 is 9.90 Å². The van der Waals surface area contributed by atoms with Gasteiger partial charge in [-0.25, -0.2) is 4.79 Å². The Kier molecular flexibility index (Phi) is 7.10. The summed E-state index contributed by atoms with van der Waals surface area (Å²) in [5.74, 6) is -1.09. The van der Waals surface area contributed by atoms with E-state index in [0.717, 1.165) is 0 Å². The van der Waals surface area contributed by atoms with E-state index in [0.29, 0.717) is 16.3 Å². The van der Waals surface area contributed by atoms with Gasteiger partial charge < -0.3 is 10.4 Å². The smallest absolute Gasteiger partial charge is 0.330 e. The fourth-order valence-electron chi connectivity index (χ4n) is 1.77. The van der Waals surface area contributed by atoms with Crippen molar-refractivity contribution in [2.45, 2.75) is 6.04 Å². The van der Waals surface area contributed by atoms with Crippen LogP contribution in [0.5, 0.6) is 0 Å². The summed E-state index contributed by atoms with van der Waals surface area (Å²) in [5.41, 5.74) is 0.784. The number of anilines is 1. The Balaban J connectivity index is 0.00000242. The Morgan fingerprint density at radius 3 is 2.14 bits per heavy atom. The van der Waals surface area contributed by atoms with Gasteiger partial charge in [0.05, 0.1) is 20.8 Å². The molecular weight excluding hydrogens is 391 g/mol. The van der Waals surface area contributed by atoms with E-state index in [9.17, 15) is 9.90 Å². The topological polar surface area (TPSA) is 49.3 Å². The summed E-state index contributed by atoms with van der Waals surface area (Å²) in [6.07, 6.45) is 0. The highest BCUT2D eigenvalue weighted by Crippen LogP contribution is 2.35. The first kappa shape index (κ1) is 19.2. The lowest BCUT2D eigenvalue weighted by molar-refractivity contribution is -0.138. The first-order chi connectivity index (χ1) is 9.90. The maximum absolute atomic E-state index is 11.5. The molecule has 2 aromatic rings. The summed E-state index contributed by atoms with van der Waals surface area (Å²) in [6.45, 7) is 0. The van der Waals surface area contributed by atoms with Crippen LogP contribution in [0.15, 0.2) is 36.4 Å². The van der Waals surface area contributed by atoms with Gasteiger partial charge in [-0.3, -0.25) is 0 Å². The molecule has 2 rings (SSSR count). The van der Waals surface area contributed by atoms with E-state index in [-0.39, 0.29) is 27.5 Å². The van der Waals surface area contributed by atoms with E-state index in [1.807, 2.05) is 0 Å². The number of hydrogen-bond donors (Lipinski definition) is 2. The van der Waals surface area contributed by atoms with Crippen LogP contribution in [-0.4, -0.2) is 11.1 Å². The van der Waals surface area contributed by atoms with E-state index in [4.69, 9.17) is 46.4 Å². The van der Waals surface area contributed by atoms with Crippen LogP contribution in [0.1, 0.15) is 11.6 Å². The zero-order valence-electron chi connectivity index (χ0n) is 10.8. The van der Waals surface area contributed by atoms with E-state index in [2.05, 4.69) is 5.32 Å². The molecule has 0 aliphatic heterocycles. The number of hydrogen-bond acceptors (Lipinski definition) is 2. The Morgan fingerprint density at radius 2 is 1.55 bits per heavy atom. The molecule has 0 heterocycles. The van der Waals surface area contributed by atoms with Crippen molar-refractivity contribution in [3.8, 4) is 0 Å². The van der Waals surface area contributed by atoms with Gasteiger partial charge in [-0.05, 0) is 18.2 Å². The number of carboxylic acids is 1. The minimum atomic E-state index is -1.09. The monoisotopic (exact) mass is 399 g/mol. The van der Waals surface area contributed by atoms with Crippen molar-refractivity contribution in [1.82, 2.24) is 0 Å². The molecule has 0 spiro atoms. The number of rotatable bonds is 4. The molecule has 118 valence electrons. The second-order valence-electron chi connectivity index (χ2n) is 4.18. The number of carboxylic acid groups (broad SMARTS) is 1. The molecule has 8 heteroatoms. The zero-order valence-corrected chi connectivity index (χ0v) is 14.7. The maximum atomic E-state index is 11.5. The van der Waals surface area contributed by atoms with Gasteiger partial charge in [0.25, 0.3) is 0 Å². The van der Waals surface area contributed by atoms with Crippen LogP contribution in [0.2, 0.25) is 20.1 Å². The Labute approximate surface area is 153 Å². The van der Waals surface area contributed by atoms with Gasteiger partial charge in [0, 0.05) is 10.6 Å². The Morgan fingerprint density at radius 1 is 0.955 bits per heavy atom. The van der Waals surface area contributed by atoms with Gasteiger partial charge in [-0.15, -0.1) is 12.4 Å². The van der Waals surface area contributed by atoms with Crippen LogP contribution in [0.3, 0.4) is 0 Å². The number of nitrogens with one attached hydrogen (secondary N) is 1. The third-order valence-corrected chi connectivity index (χ3v) is 4.15. The third kappa shape index (κ3) is 4.34. The van der Waals surface area contributed by atoms with Crippen LogP contribution < -0.4 is 5.32 Å². The molecule has 0 aromatic heterocycles. The molecule has 2 N–H and O–H groups in total. The third-order valence-electron chi connectivity index (χ3n) is 2.77. The second-order valence-corrected chi connectivity index (χ2v) is 5.81. The van der Waals surface area contributed by atoms with Gasteiger partial charge in [-0.1, -0.05) is 64.6 Å². The molecule has 3 nitrogen and oxygen atoms in total. The first-order valence-electron chi connectivity index (χ1n) is 5.78. The fourth-order valence-corrected chi connectivity index (χ4v) is 2.62. The van der Waals surface area contributed by atoms with Gasteiger partial charge in [-0.2, -0.15) is 0 Å². The fraction of sp³-hybridized carbons (Fsp3) is 0.0714. The summed E-state index contributed by atoms with van der Waals surface area (Å²) >= 11 is 23.9. The summed E-state index contributed by atoms with van der Waals surface area (Å²) in [7, 11) is 0. The van der Waals surface area contributed by atoms with Gasteiger partial charge >= 0.3 is 5.97 Å². The lowest BCUT2D eigenvalue weighted by Gasteiger charge is -2.18. The molecule has 1 atom stereocenters. The zero-order chi connectivity index (χ0) is 15.6. The largest absolute Gasteiger partial charge is 0.479 e. The standard InChI is InChI=1S/C14H9Cl4NO2.ClH/c15-8-4-2-1-3-7(8)13(14(20)21)19-12-6-10(17)9(16)5-11(12)18;/h1-6,13,19H,(H,20,21);1H. The minimum Gasteiger partial charge on any atom is -0.479 e. The van der Waals surface area contributed by atoms with Crippen molar-refractivity contribution >= 4 is 70.5 Å². The Bertz CT molecular complexity index is 693. The molecule has 22 heavy (non-hydrogen) atoms. The molecule has 1 unspecified atom stereocenters. The summed E-state index contributed by atoms with van der Waals surface area (Å²) < 4.78 is 0. The van der Waals surface area contributed by atoms with E-state index >= 15 is 0 Å². The van der Waals surface area contributed by atoms with Gasteiger partial charge in [0.15, 0.2) is 6.04 Å². The van der Waals surface area contributed by atoms with Crippen molar-refractivity contribution in [2.24, 2.45) is 0 Å². The maximum Gasteiger partial charge on any atom is 0.330 e. The first-order valence-corrected chi connectivity index (χ1v) is 7.29. The summed E-state index contributed by atoms with van der Waals surface area (Å²) in [4.78, 5) is 11.5. The second kappa shape index (κ2) is 8.14. The molecule has 0 saturated heterocycles. The van der Waals surface area contributed by atoms with Crippen molar-refractivity contribution in [2.75, 3.05) is 5.32 Å². The highest BCUT2D eigenvalue weighted by molar-refractivity contribution is 6.44. The summed E-state index contributed by atoms with van der Waals surface area (Å²) in [6, 6.07) is 8.52. The van der Waals surface area contributed by atoms with Crippen molar-refractivity contribution in [3.05, 3.63) is 62.1 Å². The van der Waals surface area contributed by atoms with Crippen LogP contribution in [0, 0.1) is 0 Å². The number of halogens is 5. The van der Waals surface area contributed by atoms with E-state index in [1.54, 1.807) is 24.3 Å². The lowest BCUT2D eigenvalue weighted by atomic mass is 10.1. The molecule has 0 radical (unpaired) electrons. The van der Waals surface area contributed by atoms with Gasteiger partial charge in [0.2, 0.25) is 0 Å². The van der Waals surface area contributed by atoms with E-state index < -0.39 is 12.0 Å². The normalized spacial score (nSPS) is 11.5. The molecule has 0 aliphatic rings. The predicted octanol–water partition coefficient (Wildman–Crippen LogP) is 5.96. The molecule has 0 fully saturated rings. The van der Waals surface area contributed by atoms with Crippen LogP contribution in [0.4, 0.5) is 5.69 Å². The highest BCUT2D eigenvalue weighted by Gasteiger charge is 2.23. The molecule has 0 aliphatic carbocycles. The van der Waals surface area contributed by atoms with Crippen molar-refractivity contribution in [1.29, 1.82) is 0 Å².